The molecule has 1 N–H and O–H groups in total. The number of carbonyl (C=O) groups excluding carboxylic acids is 3. The number of fused-ring (bicyclic) bond motifs is 1. The van der Waals surface area contributed by atoms with Crippen molar-refractivity contribution in [1.82, 2.24) is 5.32 Å². The van der Waals surface area contributed by atoms with Gasteiger partial charge in [0, 0.05) is 6.04 Å². The summed E-state index contributed by atoms with van der Waals surface area (Å²) >= 11 is 0. The summed E-state index contributed by atoms with van der Waals surface area (Å²) in [6.07, 6.45) is 2.02. The van der Waals surface area contributed by atoms with Crippen LogP contribution in [0.25, 0.3) is 0 Å². The first-order chi connectivity index (χ1) is 15.3. The summed E-state index contributed by atoms with van der Waals surface area (Å²) in [5.74, 6) is -2.59. The molecule has 2 amide bonds. The molecule has 0 spiro atoms. The van der Waals surface area contributed by atoms with Crippen molar-refractivity contribution < 1.29 is 19.1 Å². The van der Waals surface area contributed by atoms with Gasteiger partial charge in [0.15, 0.2) is 0 Å². The quantitative estimate of drug-likeness (QED) is 0.552. The number of nitrogens with one attached hydrogen (secondary N) is 1. The average Bonchev–Trinajstić information content (AvgIpc) is 3.27. The number of esters is 1. The Kier molecular flexibility index (Phi) is 5.91. The van der Waals surface area contributed by atoms with Crippen LogP contribution in [-0.4, -0.2) is 30.4 Å². The van der Waals surface area contributed by atoms with Crippen LogP contribution in [-0.2, 0) is 19.1 Å². The normalized spacial score (nSPS) is 27.0. The van der Waals surface area contributed by atoms with Crippen molar-refractivity contribution in [2.75, 3.05) is 12.0 Å². The summed E-state index contributed by atoms with van der Waals surface area (Å²) < 4.78 is 5.20. The van der Waals surface area contributed by atoms with E-state index in [-0.39, 0.29) is 11.8 Å². The lowest BCUT2D eigenvalue weighted by Crippen LogP contribution is -2.56. The van der Waals surface area contributed by atoms with E-state index in [4.69, 9.17) is 4.74 Å². The van der Waals surface area contributed by atoms with E-state index in [9.17, 15) is 14.4 Å². The van der Waals surface area contributed by atoms with Gasteiger partial charge in [0.2, 0.25) is 11.8 Å². The molecular weight excluding hydrogens is 404 g/mol. The number of ether oxygens (including phenoxy) is 1. The Morgan fingerprint density at radius 3 is 2.16 bits per heavy atom. The van der Waals surface area contributed by atoms with Gasteiger partial charge in [-0.3, -0.25) is 19.7 Å². The summed E-state index contributed by atoms with van der Waals surface area (Å²) in [7, 11) is 1.34. The predicted octanol–water partition coefficient (Wildman–Crippen LogP) is 3.86. The molecule has 0 aliphatic carbocycles. The zero-order chi connectivity index (χ0) is 23.0. The first-order valence-corrected chi connectivity index (χ1v) is 11.2. The van der Waals surface area contributed by atoms with Gasteiger partial charge in [-0.15, -0.1) is 0 Å². The van der Waals surface area contributed by atoms with E-state index in [1.54, 1.807) is 12.1 Å². The first kappa shape index (κ1) is 22.2. The predicted molar refractivity (Wildman–Crippen MR) is 122 cm³/mol. The van der Waals surface area contributed by atoms with Crippen LogP contribution in [0.15, 0.2) is 48.5 Å². The van der Waals surface area contributed by atoms with Crippen molar-refractivity contribution in [2.24, 2.45) is 11.8 Å². The Balaban J connectivity index is 1.85. The van der Waals surface area contributed by atoms with Crippen molar-refractivity contribution in [3.63, 3.8) is 0 Å². The van der Waals surface area contributed by atoms with Crippen molar-refractivity contribution in [3.05, 3.63) is 65.2 Å². The van der Waals surface area contributed by atoms with Gasteiger partial charge in [-0.25, -0.2) is 4.90 Å². The zero-order valence-electron chi connectivity index (χ0n) is 19.1. The lowest BCUT2D eigenvalue weighted by molar-refractivity contribution is -0.152. The maximum atomic E-state index is 13.8. The molecule has 168 valence electrons. The Morgan fingerprint density at radius 2 is 1.59 bits per heavy atom. The fourth-order valence-electron chi connectivity index (χ4n) is 5.17. The zero-order valence-corrected chi connectivity index (χ0v) is 19.1. The molecule has 4 rings (SSSR count). The van der Waals surface area contributed by atoms with Crippen molar-refractivity contribution in [2.45, 2.75) is 51.6 Å². The van der Waals surface area contributed by atoms with Gasteiger partial charge in [-0.2, -0.15) is 0 Å². The van der Waals surface area contributed by atoms with Crippen molar-refractivity contribution in [3.8, 4) is 0 Å². The molecule has 32 heavy (non-hydrogen) atoms. The van der Waals surface area contributed by atoms with Crippen molar-refractivity contribution >= 4 is 23.5 Å². The van der Waals surface area contributed by atoms with E-state index >= 15 is 0 Å². The number of imide groups is 1. The molecule has 0 radical (unpaired) electrons. The smallest absolute Gasteiger partial charge is 0.326 e. The van der Waals surface area contributed by atoms with Gasteiger partial charge in [-0.05, 0) is 38.0 Å². The first-order valence-electron chi connectivity index (χ1n) is 11.2. The SMILES string of the molecule is CCCC[C@]1(C(=O)OC)N[C@@H](c2ccc(C)cc2)[C@H]2C(=O)N(c3ccc(C)cc3)C(=O)[C@H]21. The van der Waals surface area contributed by atoms with Crippen LogP contribution in [0, 0.1) is 25.7 Å². The minimum Gasteiger partial charge on any atom is -0.468 e. The fraction of sp³-hybridized carbons (Fsp3) is 0.423. The monoisotopic (exact) mass is 434 g/mol. The molecule has 2 aromatic carbocycles. The Morgan fingerprint density at radius 1 is 1.00 bits per heavy atom. The lowest BCUT2D eigenvalue weighted by Gasteiger charge is -2.32. The van der Waals surface area contributed by atoms with Gasteiger partial charge in [0.1, 0.15) is 5.54 Å². The van der Waals surface area contributed by atoms with E-state index in [1.165, 1.54) is 12.0 Å². The summed E-state index contributed by atoms with van der Waals surface area (Å²) in [6.45, 7) is 5.99. The molecule has 2 fully saturated rings. The highest BCUT2D eigenvalue weighted by molar-refractivity contribution is 6.24. The van der Waals surface area contributed by atoms with Crippen LogP contribution < -0.4 is 10.2 Å². The third kappa shape index (κ3) is 3.43. The van der Waals surface area contributed by atoms with Gasteiger partial charge in [-0.1, -0.05) is 67.3 Å². The third-order valence-corrected chi connectivity index (χ3v) is 6.86. The number of unbranched alkanes of at least 4 members (excludes halogenated alkanes) is 1. The average molecular weight is 435 g/mol. The van der Waals surface area contributed by atoms with Crippen LogP contribution in [0.2, 0.25) is 0 Å². The third-order valence-electron chi connectivity index (χ3n) is 6.86. The maximum absolute atomic E-state index is 13.8. The largest absolute Gasteiger partial charge is 0.468 e. The fourth-order valence-corrected chi connectivity index (χ4v) is 5.17. The van der Waals surface area contributed by atoms with Gasteiger partial charge in [0.25, 0.3) is 0 Å². The molecule has 2 heterocycles. The minimum atomic E-state index is -1.24. The number of anilines is 1. The number of amides is 2. The van der Waals surface area contributed by atoms with Crippen LogP contribution in [0.4, 0.5) is 5.69 Å². The molecule has 0 bridgehead atoms. The van der Waals surface area contributed by atoms with E-state index in [2.05, 4.69) is 5.32 Å². The number of nitrogens with zero attached hydrogens (tertiary/aromatic N) is 1. The second-order valence-electron chi connectivity index (χ2n) is 8.95. The number of hydrogen-bond donors (Lipinski definition) is 1. The van der Waals surface area contributed by atoms with Crippen LogP contribution in [0.1, 0.15) is 48.9 Å². The Bertz CT molecular complexity index is 1030. The molecule has 0 unspecified atom stereocenters. The number of benzene rings is 2. The molecule has 6 heteroatoms. The minimum absolute atomic E-state index is 0.274. The highest BCUT2D eigenvalue weighted by Crippen LogP contribution is 2.51. The molecular formula is C26H30N2O4. The number of rotatable bonds is 6. The van der Waals surface area contributed by atoms with E-state index in [1.807, 2.05) is 57.2 Å². The second kappa shape index (κ2) is 8.51. The number of methoxy groups -OCH3 is 1. The maximum Gasteiger partial charge on any atom is 0.326 e. The van der Waals surface area contributed by atoms with Gasteiger partial charge >= 0.3 is 5.97 Å². The summed E-state index contributed by atoms with van der Waals surface area (Å²) in [5.41, 5.74) is 2.33. The van der Waals surface area contributed by atoms with Crippen LogP contribution >= 0.6 is 0 Å². The lowest BCUT2D eigenvalue weighted by atomic mass is 9.76. The second-order valence-corrected chi connectivity index (χ2v) is 8.95. The van der Waals surface area contributed by atoms with Gasteiger partial charge in [0.05, 0.1) is 24.6 Å². The molecule has 2 aliphatic heterocycles. The van der Waals surface area contributed by atoms with E-state index in [0.29, 0.717) is 12.1 Å². The summed E-state index contributed by atoms with van der Waals surface area (Å²) in [5, 5.41) is 3.43. The standard InChI is InChI=1S/C26H30N2O4/c1-5-6-15-26(25(31)32-4)21-20(22(27-26)18-11-7-16(2)8-12-18)23(29)28(24(21)30)19-13-9-17(3)10-14-19/h7-14,20-22,27H,5-6,15H2,1-4H3/t20-,21-,22-,26-/m0/s1. The topological polar surface area (TPSA) is 75.7 Å². The van der Waals surface area contributed by atoms with Crippen LogP contribution in [0.3, 0.4) is 0 Å². The molecule has 0 saturated carbocycles. The molecule has 2 saturated heterocycles. The molecule has 6 nitrogen and oxygen atoms in total. The number of carbonyl (C=O) groups is 3. The molecule has 4 atom stereocenters. The van der Waals surface area contributed by atoms with Gasteiger partial charge < -0.3 is 4.74 Å². The number of aryl methyl sites for hydroxylation is 2. The molecule has 0 aromatic heterocycles. The molecule has 2 aromatic rings. The van der Waals surface area contributed by atoms with E-state index < -0.39 is 29.4 Å². The summed E-state index contributed by atoms with van der Waals surface area (Å²) in [4.78, 5) is 41.9. The van der Waals surface area contributed by atoms with Crippen molar-refractivity contribution in [1.29, 1.82) is 0 Å². The van der Waals surface area contributed by atoms with Crippen LogP contribution in [0.5, 0.6) is 0 Å². The Labute approximate surface area is 188 Å². The van der Waals surface area contributed by atoms with E-state index in [0.717, 1.165) is 29.5 Å². The Hall–Kier alpha value is -2.99. The number of hydrogen-bond acceptors (Lipinski definition) is 5. The highest BCUT2D eigenvalue weighted by atomic mass is 16.5. The summed E-state index contributed by atoms with van der Waals surface area (Å²) in [6, 6.07) is 14.8. The molecule has 2 aliphatic rings. The highest BCUT2D eigenvalue weighted by Gasteiger charge is 2.68.